The first-order valence-corrected chi connectivity index (χ1v) is 12.5. The Hall–Kier alpha value is -3.94. The summed E-state index contributed by atoms with van der Waals surface area (Å²) in [5.41, 5.74) is 2.60. The van der Waals surface area contributed by atoms with Crippen LogP contribution in [-0.2, 0) is 10.2 Å². The van der Waals surface area contributed by atoms with Crippen LogP contribution in [0.4, 0.5) is 11.4 Å². The zero-order valence-electron chi connectivity index (χ0n) is 23.6. The minimum absolute atomic E-state index is 0.101. The van der Waals surface area contributed by atoms with Crippen molar-refractivity contribution in [3.05, 3.63) is 64.6 Å². The summed E-state index contributed by atoms with van der Waals surface area (Å²) in [4.78, 5) is 28.1. The lowest BCUT2D eigenvalue weighted by Gasteiger charge is -2.51. The number of aryl methyl sites for hydroxylation is 2. The third-order valence-corrected chi connectivity index (χ3v) is 7.50. The zero-order chi connectivity index (χ0) is 28.0. The second kappa shape index (κ2) is 9.74. The van der Waals surface area contributed by atoms with Gasteiger partial charge in [0.25, 0.3) is 5.91 Å². The van der Waals surface area contributed by atoms with E-state index in [0.717, 1.165) is 22.4 Å². The number of nitrogens with one attached hydrogen (secondary N) is 1. The third-order valence-electron chi connectivity index (χ3n) is 7.50. The minimum atomic E-state index is -0.591. The first-order chi connectivity index (χ1) is 17.9. The smallest absolute Gasteiger partial charge is 0.291 e. The molecule has 1 unspecified atom stereocenters. The lowest BCUT2D eigenvalue weighted by atomic mass is 9.64. The SMILES string of the molecule is COc1ccc(C2(C)CC(C)(C)N(C(C)=O)c3cc(OC)c(NC(=O)c4cc(C)c(C)o4)c(OC)c32)cc1. The van der Waals surface area contributed by atoms with Crippen molar-refractivity contribution in [1.82, 2.24) is 0 Å². The van der Waals surface area contributed by atoms with Crippen LogP contribution in [0.1, 0.15) is 67.1 Å². The molecule has 3 aromatic rings. The van der Waals surface area contributed by atoms with E-state index < -0.39 is 16.9 Å². The van der Waals surface area contributed by atoms with Crippen molar-refractivity contribution < 1.29 is 28.2 Å². The van der Waals surface area contributed by atoms with Crippen molar-refractivity contribution >= 4 is 23.2 Å². The van der Waals surface area contributed by atoms with E-state index in [2.05, 4.69) is 26.1 Å². The van der Waals surface area contributed by atoms with Crippen molar-refractivity contribution in [2.75, 3.05) is 31.5 Å². The maximum atomic E-state index is 13.3. The number of carbonyl (C=O) groups is 2. The molecule has 4 rings (SSSR count). The maximum Gasteiger partial charge on any atom is 0.291 e. The van der Waals surface area contributed by atoms with Gasteiger partial charge in [0.1, 0.15) is 22.9 Å². The van der Waals surface area contributed by atoms with E-state index in [1.165, 1.54) is 7.11 Å². The normalized spacial score (nSPS) is 18.0. The maximum absolute atomic E-state index is 13.3. The van der Waals surface area contributed by atoms with Gasteiger partial charge in [-0.05, 0) is 63.4 Å². The van der Waals surface area contributed by atoms with Crippen LogP contribution in [0.2, 0.25) is 0 Å². The van der Waals surface area contributed by atoms with Crippen LogP contribution in [-0.4, -0.2) is 38.7 Å². The molecule has 0 radical (unpaired) electrons. The number of methoxy groups -OCH3 is 3. The summed E-state index contributed by atoms with van der Waals surface area (Å²) in [7, 11) is 4.71. The lowest BCUT2D eigenvalue weighted by Crippen LogP contribution is -2.55. The fraction of sp³-hybridized carbons (Fsp3) is 0.400. The first-order valence-electron chi connectivity index (χ1n) is 12.5. The van der Waals surface area contributed by atoms with Crippen molar-refractivity contribution in [2.24, 2.45) is 0 Å². The second-order valence-corrected chi connectivity index (χ2v) is 10.6. The number of benzene rings is 2. The number of ether oxygens (including phenoxy) is 3. The molecule has 0 saturated heterocycles. The van der Waals surface area contributed by atoms with Gasteiger partial charge in [0, 0.05) is 29.5 Å². The molecular weight excluding hydrogens is 484 g/mol. The second-order valence-electron chi connectivity index (χ2n) is 10.6. The largest absolute Gasteiger partial charge is 0.497 e. The molecule has 38 heavy (non-hydrogen) atoms. The van der Waals surface area contributed by atoms with E-state index in [1.54, 1.807) is 38.2 Å². The highest BCUT2D eigenvalue weighted by Crippen LogP contribution is 2.57. The average Bonchev–Trinajstić information content (AvgIpc) is 3.21. The van der Waals surface area contributed by atoms with Crippen molar-refractivity contribution in [2.45, 2.75) is 58.9 Å². The number of carbonyl (C=O) groups excluding carboxylic acids is 2. The number of furan rings is 1. The van der Waals surface area contributed by atoms with Crippen LogP contribution in [0.25, 0.3) is 0 Å². The Labute approximate surface area is 223 Å². The molecule has 1 aliphatic rings. The summed E-state index contributed by atoms with van der Waals surface area (Å²) in [5.74, 6) is 1.87. The summed E-state index contributed by atoms with van der Waals surface area (Å²) in [6.07, 6.45) is 0.603. The van der Waals surface area contributed by atoms with E-state index in [1.807, 2.05) is 38.1 Å². The molecule has 0 fully saturated rings. The predicted octanol–water partition coefficient (Wildman–Crippen LogP) is 6.02. The molecule has 0 saturated carbocycles. The van der Waals surface area contributed by atoms with E-state index in [4.69, 9.17) is 18.6 Å². The van der Waals surface area contributed by atoms with Gasteiger partial charge in [-0.15, -0.1) is 0 Å². The Balaban J connectivity index is 2.00. The fourth-order valence-corrected chi connectivity index (χ4v) is 5.83. The average molecular weight is 521 g/mol. The summed E-state index contributed by atoms with van der Waals surface area (Å²) >= 11 is 0. The quantitative estimate of drug-likeness (QED) is 0.428. The highest BCUT2D eigenvalue weighted by Gasteiger charge is 2.50. The predicted molar refractivity (Wildman–Crippen MR) is 147 cm³/mol. The van der Waals surface area contributed by atoms with Crippen LogP contribution >= 0.6 is 0 Å². The number of anilines is 2. The van der Waals surface area contributed by atoms with Crippen LogP contribution in [0.15, 0.2) is 40.8 Å². The van der Waals surface area contributed by atoms with Crippen molar-refractivity contribution in [3.63, 3.8) is 0 Å². The Morgan fingerprint density at radius 1 is 0.974 bits per heavy atom. The molecule has 1 aromatic heterocycles. The molecule has 2 amide bonds. The molecule has 8 nitrogen and oxygen atoms in total. The molecule has 1 N–H and O–H groups in total. The molecular formula is C30H36N2O6. The van der Waals surface area contributed by atoms with Gasteiger partial charge in [0.15, 0.2) is 11.5 Å². The summed E-state index contributed by atoms with van der Waals surface area (Å²) in [6.45, 7) is 11.5. The van der Waals surface area contributed by atoms with Crippen LogP contribution in [0, 0.1) is 13.8 Å². The molecule has 0 spiro atoms. The highest BCUT2D eigenvalue weighted by atomic mass is 16.5. The van der Waals surface area contributed by atoms with Crippen molar-refractivity contribution in [3.8, 4) is 17.2 Å². The number of hydrogen-bond acceptors (Lipinski definition) is 6. The Bertz CT molecular complexity index is 1370. The van der Waals surface area contributed by atoms with E-state index >= 15 is 0 Å². The van der Waals surface area contributed by atoms with Gasteiger partial charge < -0.3 is 28.8 Å². The number of rotatable bonds is 6. The summed E-state index contributed by atoms with van der Waals surface area (Å²) < 4.78 is 22.8. The molecule has 0 aliphatic carbocycles. The molecule has 0 bridgehead atoms. The lowest BCUT2D eigenvalue weighted by molar-refractivity contribution is -0.117. The summed E-state index contributed by atoms with van der Waals surface area (Å²) in [6, 6.07) is 11.4. The molecule has 2 heterocycles. The highest BCUT2D eigenvalue weighted by molar-refractivity contribution is 6.06. The van der Waals surface area contributed by atoms with Crippen LogP contribution in [0.5, 0.6) is 17.2 Å². The molecule has 1 aliphatic heterocycles. The Kier molecular flexibility index (Phi) is 6.95. The number of amides is 2. The monoisotopic (exact) mass is 520 g/mol. The molecule has 1 atom stereocenters. The molecule has 8 heteroatoms. The summed E-state index contributed by atoms with van der Waals surface area (Å²) in [5, 5.41) is 2.95. The van der Waals surface area contributed by atoms with E-state index in [0.29, 0.717) is 35.1 Å². The number of nitrogens with zero attached hydrogens (tertiary/aromatic N) is 1. The fourth-order valence-electron chi connectivity index (χ4n) is 5.83. The Morgan fingerprint density at radius 2 is 1.63 bits per heavy atom. The van der Waals surface area contributed by atoms with Crippen molar-refractivity contribution in [1.29, 1.82) is 0 Å². The van der Waals surface area contributed by atoms with Crippen LogP contribution < -0.4 is 24.4 Å². The first kappa shape index (κ1) is 27.1. The third kappa shape index (κ3) is 4.38. The molecule has 202 valence electrons. The van der Waals surface area contributed by atoms with Gasteiger partial charge in [-0.25, -0.2) is 0 Å². The van der Waals surface area contributed by atoms with E-state index in [-0.39, 0.29) is 11.7 Å². The number of fused-ring (bicyclic) bond motifs is 1. The topological polar surface area (TPSA) is 90.2 Å². The number of hydrogen-bond donors (Lipinski definition) is 1. The Morgan fingerprint density at radius 3 is 2.13 bits per heavy atom. The standard InChI is InChI=1S/C30H36N2O6/c1-17-14-24(38-18(17)2)28(34)31-26-23(36-8)15-22-25(27(26)37-9)30(6,16-29(4,5)32(22)19(3)33)20-10-12-21(35-7)13-11-20/h10-15H,16H2,1-9H3,(H,31,34). The molecule has 2 aromatic carbocycles. The van der Waals surface area contributed by atoms with Gasteiger partial charge in [-0.3, -0.25) is 9.59 Å². The van der Waals surface area contributed by atoms with Gasteiger partial charge in [0.2, 0.25) is 5.91 Å². The van der Waals surface area contributed by atoms with Gasteiger partial charge in [0.05, 0.1) is 27.0 Å². The van der Waals surface area contributed by atoms with Gasteiger partial charge in [-0.1, -0.05) is 19.1 Å². The zero-order valence-corrected chi connectivity index (χ0v) is 23.6. The van der Waals surface area contributed by atoms with Gasteiger partial charge in [-0.2, -0.15) is 0 Å². The van der Waals surface area contributed by atoms with E-state index in [9.17, 15) is 9.59 Å². The van der Waals surface area contributed by atoms with Gasteiger partial charge >= 0.3 is 0 Å². The minimum Gasteiger partial charge on any atom is -0.497 e. The van der Waals surface area contributed by atoms with Crippen LogP contribution in [0.3, 0.4) is 0 Å².